The Morgan fingerprint density at radius 1 is 0.446 bits per heavy atom. The van der Waals surface area contributed by atoms with Crippen molar-refractivity contribution in [2.75, 3.05) is 0 Å². The first-order valence-electron chi connectivity index (χ1n) is 18.7. The summed E-state index contributed by atoms with van der Waals surface area (Å²) in [4.78, 5) is 42.8. The van der Waals surface area contributed by atoms with E-state index in [4.69, 9.17) is 15.0 Å². The van der Waals surface area contributed by atoms with Gasteiger partial charge in [0.15, 0.2) is 23.2 Å². The highest BCUT2D eigenvalue weighted by Gasteiger charge is 2.37. The molecule has 0 saturated carbocycles. The van der Waals surface area contributed by atoms with Gasteiger partial charge in [-0.3, -0.25) is 14.2 Å². The highest BCUT2D eigenvalue weighted by molar-refractivity contribution is 6.16. The number of hydrogen-bond acceptors (Lipinski definition) is 5. The lowest BCUT2D eigenvalue weighted by molar-refractivity contribution is 0.103. The van der Waals surface area contributed by atoms with Crippen LogP contribution in [0, 0.1) is 0 Å². The van der Waals surface area contributed by atoms with Gasteiger partial charge in [-0.1, -0.05) is 159 Å². The maximum absolute atomic E-state index is 13.9. The lowest BCUT2D eigenvalue weighted by Crippen LogP contribution is -2.16. The molecule has 266 valence electrons. The number of fused-ring (bicyclic) bond motifs is 6. The molecule has 10 rings (SSSR count). The van der Waals surface area contributed by atoms with Crippen molar-refractivity contribution in [1.29, 1.82) is 0 Å². The first kappa shape index (κ1) is 33.3. The van der Waals surface area contributed by atoms with Gasteiger partial charge in [-0.15, -0.1) is 0 Å². The molecule has 6 nitrogen and oxygen atoms in total. The van der Waals surface area contributed by atoms with Gasteiger partial charge in [0.2, 0.25) is 5.95 Å². The molecule has 0 radical (unpaired) electrons. The predicted molar refractivity (Wildman–Crippen MR) is 222 cm³/mol. The molecule has 2 heterocycles. The van der Waals surface area contributed by atoms with E-state index < -0.39 is 5.41 Å². The Hall–Kier alpha value is -7.31. The molecule has 0 bridgehead atoms. The molecule has 7 aromatic carbocycles. The van der Waals surface area contributed by atoms with E-state index in [-0.39, 0.29) is 11.6 Å². The molecule has 56 heavy (non-hydrogen) atoms. The molecule has 2 aromatic heterocycles. The SMILES string of the molecule is CC1(C)c2cc(C(=O)c3ccccc3)ccc2-c2cc3c(cc21)c1ccc(C(=O)c2ccccc2)cc1n3-c1nc(-c2ccccc2)nc(-c2ccccc2)n1. The van der Waals surface area contributed by atoms with Gasteiger partial charge in [0, 0.05) is 49.6 Å². The Morgan fingerprint density at radius 3 is 1.50 bits per heavy atom. The van der Waals surface area contributed by atoms with E-state index >= 15 is 0 Å². The molecule has 0 aliphatic heterocycles. The Balaban J connectivity index is 1.24. The van der Waals surface area contributed by atoms with Crippen LogP contribution in [-0.4, -0.2) is 31.1 Å². The first-order chi connectivity index (χ1) is 27.3. The first-order valence-corrected chi connectivity index (χ1v) is 18.7. The van der Waals surface area contributed by atoms with Crippen LogP contribution in [0.1, 0.15) is 56.8 Å². The summed E-state index contributed by atoms with van der Waals surface area (Å²) in [5.74, 6) is 1.48. The second-order valence-corrected chi connectivity index (χ2v) is 14.8. The van der Waals surface area contributed by atoms with Gasteiger partial charge in [0.05, 0.1) is 11.0 Å². The molecule has 1 aliphatic rings. The summed E-state index contributed by atoms with van der Waals surface area (Å²) < 4.78 is 2.07. The van der Waals surface area contributed by atoms with Crippen molar-refractivity contribution in [2.45, 2.75) is 19.3 Å². The van der Waals surface area contributed by atoms with E-state index in [9.17, 15) is 9.59 Å². The lowest BCUT2D eigenvalue weighted by Gasteiger charge is -2.22. The molecule has 0 fully saturated rings. The van der Waals surface area contributed by atoms with Crippen LogP contribution >= 0.6 is 0 Å². The minimum atomic E-state index is -0.391. The van der Waals surface area contributed by atoms with Gasteiger partial charge in [0.1, 0.15) is 0 Å². The molecule has 1 aliphatic carbocycles. The average Bonchev–Trinajstić information content (AvgIpc) is 3.70. The Kier molecular flexibility index (Phi) is 7.68. The monoisotopic (exact) mass is 722 g/mol. The fourth-order valence-corrected chi connectivity index (χ4v) is 8.15. The van der Waals surface area contributed by atoms with Gasteiger partial charge in [-0.05, 0) is 46.5 Å². The van der Waals surface area contributed by atoms with Gasteiger partial charge >= 0.3 is 0 Å². The number of ketones is 2. The van der Waals surface area contributed by atoms with Crippen LogP contribution in [0.25, 0.3) is 61.7 Å². The molecule has 0 atom stereocenters. The number of aromatic nitrogens is 4. The van der Waals surface area contributed by atoms with Crippen LogP contribution in [0.5, 0.6) is 0 Å². The lowest BCUT2D eigenvalue weighted by atomic mass is 9.81. The van der Waals surface area contributed by atoms with Gasteiger partial charge < -0.3 is 0 Å². The fourth-order valence-electron chi connectivity index (χ4n) is 8.15. The summed E-state index contributed by atoms with van der Waals surface area (Å²) in [6.45, 7) is 4.45. The van der Waals surface area contributed by atoms with Crippen molar-refractivity contribution >= 4 is 33.4 Å². The highest BCUT2D eigenvalue weighted by atomic mass is 16.1. The van der Waals surface area contributed by atoms with Crippen LogP contribution in [-0.2, 0) is 5.41 Å². The topological polar surface area (TPSA) is 77.7 Å². The van der Waals surface area contributed by atoms with E-state index in [0.29, 0.717) is 39.9 Å². The third kappa shape index (κ3) is 5.37. The third-order valence-electron chi connectivity index (χ3n) is 11.0. The minimum Gasteiger partial charge on any atom is -0.289 e. The zero-order chi connectivity index (χ0) is 38.0. The molecular weight excluding hydrogens is 689 g/mol. The second-order valence-electron chi connectivity index (χ2n) is 14.8. The van der Waals surface area contributed by atoms with Gasteiger partial charge in [-0.25, -0.2) is 4.98 Å². The number of nitrogens with zero attached hydrogens (tertiary/aromatic N) is 4. The summed E-state index contributed by atoms with van der Waals surface area (Å²) in [7, 11) is 0. The maximum atomic E-state index is 13.9. The van der Waals surface area contributed by atoms with E-state index in [1.54, 1.807) is 0 Å². The summed E-state index contributed by atoms with van der Waals surface area (Å²) in [5.41, 5.74) is 10.0. The van der Waals surface area contributed by atoms with E-state index in [0.717, 1.165) is 49.6 Å². The molecule has 6 heteroatoms. The fraction of sp³-hybridized carbons (Fsp3) is 0.0600. The summed E-state index contributed by atoms with van der Waals surface area (Å²) >= 11 is 0. The smallest absolute Gasteiger partial charge is 0.238 e. The largest absolute Gasteiger partial charge is 0.289 e. The van der Waals surface area contributed by atoms with Crippen LogP contribution < -0.4 is 0 Å². The number of carbonyl (C=O) groups excluding carboxylic acids is 2. The van der Waals surface area contributed by atoms with Gasteiger partial charge in [0.25, 0.3) is 0 Å². The molecule has 0 spiro atoms. The van der Waals surface area contributed by atoms with Crippen LogP contribution in [0.4, 0.5) is 0 Å². The normalized spacial score (nSPS) is 12.8. The summed E-state index contributed by atoms with van der Waals surface area (Å²) in [6.07, 6.45) is 0. The van der Waals surface area contributed by atoms with Crippen molar-refractivity contribution in [3.63, 3.8) is 0 Å². The molecule has 0 saturated heterocycles. The van der Waals surface area contributed by atoms with Crippen LogP contribution in [0.3, 0.4) is 0 Å². The zero-order valence-electron chi connectivity index (χ0n) is 30.8. The summed E-state index contributed by atoms with van der Waals surface area (Å²) in [5, 5.41) is 1.99. The Morgan fingerprint density at radius 2 is 0.929 bits per heavy atom. The molecule has 0 N–H and O–H groups in total. The van der Waals surface area contributed by atoms with E-state index in [1.807, 2.05) is 146 Å². The van der Waals surface area contributed by atoms with Crippen LogP contribution in [0.15, 0.2) is 170 Å². The highest BCUT2D eigenvalue weighted by Crippen LogP contribution is 2.51. The van der Waals surface area contributed by atoms with E-state index in [1.165, 1.54) is 5.56 Å². The predicted octanol–water partition coefficient (Wildman–Crippen LogP) is 11.1. The van der Waals surface area contributed by atoms with Crippen molar-refractivity contribution in [2.24, 2.45) is 0 Å². The summed E-state index contributed by atoms with van der Waals surface area (Å²) in [6, 6.07) is 55.1. The van der Waals surface area contributed by atoms with Crippen molar-refractivity contribution in [3.8, 4) is 39.9 Å². The quantitative estimate of drug-likeness (QED) is 0.153. The number of carbonyl (C=O) groups is 2. The van der Waals surface area contributed by atoms with Crippen molar-refractivity contribution < 1.29 is 9.59 Å². The standard InChI is InChI=1S/C50H34N4O2/c1-50(2)41-27-35(45(55)31-15-7-3-8-16-31)23-25-37(41)39-30-44-40(29-42(39)50)38-26-24-36(46(56)32-17-9-4-10-18-32)28-43(38)54(44)49-52-47(33-19-11-5-12-20-33)51-48(53-49)34-21-13-6-14-22-34/h3-30H,1-2H3. The van der Waals surface area contributed by atoms with E-state index in [2.05, 4.69) is 42.7 Å². The molecule has 9 aromatic rings. The second kappa shape index (κ2) is 12.9. The maximum Gasteiger partial charge on any atom is 0.238 e. The Bertz CT molecular complexity index is 2950. The average molecular weight is 723 g/mol. The number of benzene rings is 7. The Labute approximate surface area is 323 Å². The zero-order valence-corrected chi connectivity index (χ0v) is 30.8. The third-order valence-corrected chi connectivity index (χ3v) is 11.0. The van der Waals surface area contributed by atoms with Crippen molar-refractivity contribution in [1.82, 2.24) is 19.5 Å². The molecule has 0 unspecified atom stereocenters. The minimum absolute atomic E-state index is 0.00174. The van der Waals surface area contributed by atoms with Crippen LogP contribution in [0.2, 0.25) is 0 Å². The van der Waals surface area contributed by atoms with Gasteiger partial charge in [-0.2, -0.15) is 9.97 Å². The van der Waals surface area contributed by atoms with Crippen molar-refractivity contribution in [3.05, 3.63) is 203 Å². The molecule has 0 amide bonds. The number of hydrogen-bond donors (Lipinski definition) is 0. The number of rotatable bonds is 7. The molecular formula is C50H34N4O2.